The van der Waals surface area contributed by atoms with Crippen LogP contribution in [0.2, 0.25) is 0 Å². The van der Waals surface area contributed by atoms with Crippen molar-refractivity contribution in [2.45, 2.75) is 38.1 Å². The average molecular weight is 292 g/mol. The number of hydrogen-bond acceptors (Lipinski definition) is 5. The lowest BCUT2D eigenvalue weighted by Crippen LogP contribution is -2.46. The number of aliphatic hydroxyl groups is 1. The van der Waals surface area contributed by atoms with Crippen LogP contribution in [-0.2, 0) is 0 Å². The average Bonchev–Trinajstić information content (AvgIpc) is 2.47. The first-order valence-corrected chi connectivity index (χ1v) is 7.12. The van der Waals surface area contributed by atoms with Crippen LogP contribution in [0.5, 0.6) is 0 Å². The van der Waals surface area contributed by atoms with Gasteiger partial charge in [-0.15, -0.1) is 0 Å². The number of hydrogen-bond donors (Lipinski definition) is 2. The minimum atomic E-state index is -0.523. The highest BCUT2D eigenvalue weighted by molar-refractivity contribution is 5.79. The molecule has 1 aromatic carbocycles. The van der Waals surface area contributed by atoms with Gasteiger partial charge in [0.05, 0.1) is 17.1 Å². The van der Waals surface area contributed by atoms with E-state index in [4.69, 9.17) is 0 Å². The summed E-state index contributed by atoms with van der Waals surface area (Å²) < 4.78 is 0. The third-order valence-corrected chi connectivity index (χ3v) is 4.15. The molecule has 0 aliphatic heterocycles. The molecule has 2 rings (SSSR count). The van der Waals surface area contributed by atoms with Crippen LogP contribution in [0.4, 0.5) is 11.4 Å². The second-order valence-electron chi connectivity index (χ2n) is 5.92. The van der Waals surface area contributed by atoms with Crippen LogP contribution in [0.3, 0.4) is 0 Å². The Hall–Kier alpha value is -1.95. The number of anilines is 1. The SMILES string of the molecule is CC1CCCC(CO)(Nc2ccc(C=O)cc2[N+](=O)[O-])C1. The Morgan fingerprint density at radius 3 is 2.90 bits per heavy atom. The molecule has 1 aliphatic rings. The highest BCUT2D eigenvalue weighted by atomic mass is 16.6. The summed E-state index contributed by atoms with van der Waals surface area (Å²) in [4.78, 5) is 21.4. The van der Waals surface area contributed by atoms with Gasteiger partial charge in [0.1, 0.15) is 12.0 Å². The van der Waals surface area contributed by atoms with Crippen molar-refractivity contribution in [3.63, 3.8) is 0 Å². The first-order chi connectivity index (χ1) is 9.99. The zero-order chi connectivity index (χ0) is 15.5. The number of rotatable bonds is 5. The fraction of sp³-hybridized carbons (Fsp3) is 0.533. The molecule has 2 atom stereocenters. The first kappa shape index (κ1) is 15.4. The fourth-order valence-corrected chi connectivity index (χ4v) is 3.12. The maximum Gasteiger partial charge on any atom is 0.293 e. The van der Waals surface area contributed by atoms with Gasteiger partial charge in [-0.2, -0.15) is 0 Å². The highest BCUT2D eigenvalue weighted by Crippen LogP contribution is 2.37. The van der Waals surface area contributed by atoms with Crippen molar-refractivity contribution < 1.29 is 14.8 Å². The summed E-state index contributed by atoms with van der Waals surface area (Å²) in [6, 6.07) is 4.34. The van der Waals surface area contributed by atoms with Gasteiger partial charge in [0.2, 0.25) is 0 Å². The van der Waals surface area contributed by atoms with E-state index in [1.165, 1.54) is 6.07 Å². The Bertz CT molecular complexity index is 546. The van der Waals surface area contributed by atoms with E-state index in [0.29, 0.717) is 17.9 Å². The van der Waals surface area contributed by atoms with Crippen molar-refractivity contribution in [2.24, 2.45) is 5.92 Å². The molecule has 0 radical (unpaired) electrons. The number of carbonyl (C=O) groups excluding carboxylic acids is 1. The summed E-state index contributed by atoms with van der Waals surface area (Å²) in [7, 11) is 0. The Balaban J connectivity index is 2.32. The van der Waals surface area contributed by atoms with Crippen LogP contribution < -0.4 is 5.32 Å². The number of nitro groups is 1. The van der Waals surface area contributed by atoms with Crippen molar-refractivity contribution in [1.82, 2.24) is 0 Å². The first-order valence-electron chi connectivity index (χ1n) is 7.12. The van der Waals surface area contributed by atoms with E-state index in [0.717, 1.165) is 25.7 Å². The third-order valence-electron chi connectivity index (χ3n) is 4.15. The van der Waals surface area contributed by atoms with E-state index < -0.39 is 10.5 Å². The zero-order valence-corrected chi connectivity index (χ0v) is 12.0. The van der Waals surface area contributed by atoms with Crippen LogP contribution in [0.1, 0.15) is 43.0 Å². The summed E-state index contributed by atoms with van der Waals surface area (Å²) in [5.74, 6) is 0.465. The Morgan fingerprint density at radius 2 is 2.33 bits per heavy atom. The van der Waals surface area contributed by atoms with Crippen LogP contribution in [0.25, 0.3) is 0 Å². The summed E-state index contributed by atoms with van der Waals surface area (Å²) in [6.45, 7) is 2.05. The molecule has 6 nitrogen and oxygen atoms in total. The lowest BCUT2D eigenvalue weighted by Gasteiger charge is -2.40. The van der Waals surface area contributed by atoms with Gasteiger partial charge < -0.3 is 10.4 Å². The van der Waals surface area contributed by atoms with Crippen LogP contribution in [0, 0.1) is 16.0 Å². The molecular formula is C15H20N2O4. The van der Waals surface area contributed by atoms with E-state index in [1.807, 2.05) is 0 Å². The summed E-state index contributed by atoms with van der Waals surface area (Å²) in [5, 5.41) is 24.1. The fourth-order valence-electron chi connectivity index (χ4n) is 3.12. The number of carbonyl (C=O) groups is 1. The van der Waals surface area contributed by atoms with Crippen molar-refractivity contribution in [3.8, 4) is 0 Å². The predicted molar refractivity (Wildman–Crippen MR) is 79.6 cm³/mol. The van der Waals surface area contributed by atoms with Crippen LogP contribution >= 0.6 is 0 Å². The zero-order valence-electron chi connectivity index (χ0n) is 12.0. The maximum absolute atomic E-state index is 11.2. The summed E-state index contributed by atoms with van der Waals surface area (Å²) in [5.41, 5.74) is -0.0350. The van der Waals surface area contributed by atoms with Crippen molar-refractivity contribution in [1.29, 1.82) is 0 Å². The molecule has 1 fully saturated rings. The van der Waals surface area contributed by atoms with Gasteiger partial charge in [-0.3, -0.25) is 14.9 Å². The monoisotopic (exact) mass is 292 g/mol. The molecule has 0 bridgehead atoms. The van der Waals surface area contributed by atoms with Crippen LogP contribution in [-0.4, -0.2) is 28.5 Å². The predicted octanol–water partition coefficient (Wildman–Crippen LogP) is 2.76. The van der Waals surface area contributed by atoms with E-state index in [2.05, 4.69) is 12.2 Å². The lowest BCUT2D eigenvalue weighted by molar-refractivity contribution is -0.384. The molecule has 2 N–H and O–H groups in total. The van der Waals surface area contributed by atoms with Gasteiger partial charge in [0.25, 0.3) is 5.69 Å². The molecule has 114 valence electrons. The van der Waals surface area contributed by atoms with Crippen molar-refractivity contribution in [3.05, 3.63) is 33.9 Å². The standard InChI is InChI=1S/C15H20N2O4/c1-11-3-2-6-15(8-11,10-19)16-13-5-4-12(9-18)7-14(13)17(20)21/h4-5,7,9,11,16,19H,2-3,6,8,10H2,1H3. The van der Waals surface area contributed by atoms with Gasteiger partial charge in [0.15, 0.2) is 0 Å². The molecule has 6 heteroatoms. The number of nitrogens with zero attached hydrogens (tertiary/aromatic N) is 1. The van der Waals surface area contributed by atoms with Gasteiger partial charge in [-0.1, -0.05) is 19.8 Å². The van der Waals surface area contributed by atoms with Gasteiger partial charge in [-0.25, -0.2) is 0 Å². The second kappa shape index (κ2) is 6.22. The summed E-state index contributed by atoms with van der Waals surface area (Å²) >= 11 is 0. The van der Waals surface area contributed by atoms with Crippen LogP contribution in [0.15, 0.2) is 18.2 Å². The van der Waals surface area contributed by atoms with E-state index in [1.54, 1.807) is 12.1 Å². The molecule has 0 heterocycles. The number of nitrogens with one attached hydrogen (secondary N) is 1. The van der Waals surface area contributed by atoms with E-state index in [-0.39, 0.29) is 17.9 Å². The minimum absolute atomic E-state index is 0.0655. The van der Waals surface area contributed by atoms with Crippen molar-refractivity contribution >= 4 is 17.7 Å². The maximum atomic E-state index is 11.2. The quantitative estimate of drug-likeness (QED) is 0.494. The second-order valence-corrected chi connectivity index (χ2v) is 5.92. The van der Waals surface area contributed by atoms with E-state index >= 15 is 0 Å². The minimum Gasteiger partial charge on any atom is -0.394 e. The number of aldehydes is 1. The smallest absolute Gasteiger partial charge is 0.293 e. The topological polar surface area (TPSA) is 92.5 Å². The number of aliphatic hydroxyl groups excluding tert-OH is 1. The number of nitro benzene ring substituents is 1. The van der Waals surface area contributed by atoms with Gasteiger partial charge >= 0.3 is 0 Å². The Morgan fingerprint density at radius 1 is 1.57 bits per heavy atom. The van der Waals surface area contributed by atoms with Gasteiger partial charge in [0, 0.05) is 11.6 Å². The molecule has 0 spiro atoms. The Labute approximate surface area is 123 Å². The summed E-state index contributed by atoms with van der Waals surface area (Å²) in [6.07, 6.45) is 4.22. The normalized spacial score (nSPS) is 25.3. The molecule has 0 saturated heterocycles. The molecule has 0 amide bonds. The lowest BCUT2D eigenvalue weighted by atomic mass is 9.76. The Kier molecular flexibility index (Phi) is 4.57. The third kappa shape index (κ3) is 3.39. The highest BCUT2D eigenvalue weighted by Gasteiger charge is 2.35. The van der Waals surface area contributed by atoms with Crippen molar-refractivity contribution in [2.75, 3.05) is 11.9 Å². The number of benzene rings is 1. The molecule has 2 unspecified atom stereocenters. The molecule has 1 saturated carbocycles. The molecule has 21 heavy (non-hydrogen) atoms. The van der Waals surface area contributed by atoms with Gasteiger partial charge in [-0.05, 0) is 30.9 Å². The largest absolute Gasteiger partial charge is 0.394 e. The molecule has 1 aliphatic carbocycles. The van der Waals surface area contributed by atoms with E-state index in [9.17, 15) is 20.0 Å². The molecular weight excluding hydrogens is 272 g/mol. The molecule has 0 aromatic heterocycles. The molecule has 1 aromatic rings.